The molecule has 1 aromatic rings. The van der Waals surface area contributed by atoms with E-state index in [0.29, 0.717) is 11.3 Å². The average Bonchev–Trinajstić information content (AvgIpc) is 2.48. The zero-order valence-electron chi connectivity index (χ0n) is 11.9. The summed E-state index contributed by atoms with van der Waals surface area (Å²) in [6, 6.07) is 8.57. The van der Waals surface area contributed by atoms with E-state index >= 15 is 0 Å². The molecule has 21 heavy (non-hydrogen) atoms. The molecule has 1 unspecified atom stereocenters. The summed E-state index contributed by atoms with van der Waals surface area (Å²) in [6.07, 6.45) is 5.23. The highest BCUT2D eigenvalue weighted by Crippen LogP contribution is 2.14. The van der Waals surface area contributed by atoms with Gasteiger partial charge in [0, 0.05) is 6.08 Å². The molecular formula is C16H16N2O3. The van der Waals surface area contributed by atoms with Crippen LogP contribution in [-0.4, -0.2) is 18.0 Å². The third-order valence-electron chi connectivity index (χ3n) is 2.50. The summed E-state index contributed by atoms with van der Waals surface area (Å²) < 4.78 is 4.95. The van der Waals surface area contributed by atoms with E-state index in [9.17, 15) is 9.59 Å². The van der Waals surface area contributed by atoms with Gasteiger partial charge in [-0.1, -0.05) is 30.4 Å². The molecule has 1 rings (SSSR count). The van der Waals surface area contributed by atoms with Crippen LogP contribution in [0, 0.1) is 11.3 Å². The average molecular weight is 284 g/mol. The predicted molar refractivity (Wildman–Crippen MR) is 79.3 cm³/mol. The first kappa shape index (κ1) is 16.2. The van der Waals surface area contributed by atoms with Gasteiger partial charge in [0.25, 0.3) is 5.91 Å². The molecule has 1 atom stereocenters. The van der Waals surface area contributed by atoms with E-state index in [4.69, 9.17) is 10.00 Å². The number of esters is 1. The lowest BCUT2D eigenvalue weighted by molar-refractivity contribution is -0.148. The van der Waals surface area contributed by atoms with Gasteiger partial charge in [0.05, 0.1) is 11.3 Å². The van der Waals surface area contributed by atoms with Crippen molar-refractivity contribution < 1.29 is 14.3 Å². The number of nitriles is 1. The van der Waals surface area contributed by atoms with Crippen LogP contribution in [0.15, 0.2) is 48.6 Å². The summed E-state index contributed by atoms with van der Waals surface area (Å²) in [5, 5.41) is 11.5. The van der Waals surface area contributed by atoms with Crippen LogP contribution in [0.3, 0.4) is 0 Å². The zero-order chi connectivity index (χ0) is 15.7. The number of carbonyl (C=O) groups excluding carboxylic acids is 2. The number of ether oxygens (including phenoxy) is 1. The van der Waals surface area contributed by atoms with Crippen LogP contribution in [0.1, 0.15) is 19.4 Å². The number of nitrogens with one attached hydrogen (secondary N) is 1. The molecule has 108 valence electrons. The van der Waals surface area contributed by atoms with E-state index in [1.807, 2.05) is 13.0 Å². The van der Waals surface area contributed by atoms with Crippen LogP contribution in [-0.2, 0) is 14.3 Å². The molecule has 1 N–H and O–H groups in total. The maximum absolute atomic E-state index is 11.9. The molecule has 0 aromatic heterocycles. The van der Waals surface area contributed by atoms with Gasteiger partial charge in [0.1, 0.15) is 6.07 Å². The quantitative estimate of drug-likeness (QED) is 0.512. The van der Waals surface area contributed by atoms with Crippen LogP contribution >= 0.6 is 0 Å². The fourth-order valence-corrected chi connectivity index (χ4v) is 1.44. The van der Waals surface area contributed by atoms with Gasteiger partial charge in [-0.3, -0.25) is 4.79 Å². The molecule has 0 aliphatic carbocycles. The monoisotopic (exact) mass is 284 g/mol. The van der Waals surface area contributed by atoms with Crippen molar-refractivity contribution >= 4 is 17.6 Å². The van der Waals surface area contributed by atoms with Gasteiger partial charge in [-0.05, 0) is 26.0 Å². The van der Waals surface area contributed by atoms with Crippen LogP contribution in [0.2, 0.25) is 0 Å². The van der Waals surface area contributed by atoms with Gasteiger partial charge in [0.15, 0.2) is 6.10 Å². The topological polar surface area (TPSA) is 79.2 Å². The standard InChI is InChI=1S/C16H16N2O3/c1-3-4-5-10-15(19)21-12(2)16(20)18-14-9-7-6-8-13(14)11-17/h3-10,12H,1-2H3,(H,18,20)/b4-3+,10-5+. The summed E-state index contributed by atoms with van der Waals surface area (Å²) in [5.74, 6) is -1.10. The van der Waals surface area contributed by atoms with E-state index in [1.54, 1.807) is 36.4 Å². The molecule has 0 saturated carbocycles. The molecule has 5 nitrogen and oxygen atoms in total. The molecule has 0 spiro atoms. The van der Waals surface area contributed by atoms with Crippen LogP contribution in [0.5, 0.6) is 0 Å². The molecule has 5 heteroatoms. The Morgan fingerprint density at radius 3 is 2.71 bits per heavy atom. The molecule has 1 amide bonds. The minimum absolute atomic E-state index is 0.345. The van der Waals surface area contributed by atoms with E-state index in [2.05, 4.69) is 5.32 Å². The first-order chi connectivity index (χ1) is 10.1. The molecule has 0 fully saturated rings. The van der Waals surface area contributed by atoms with Gasteiger partial charge in [0.2, 0.25) is 0 Å². The smallest absolute Gasteiger partial charge is 0.331 e. The normalized spacial score (nSPS) is 12.0. The Kier molecular flexibility index (Phi) is 6.42. The Bertz CT molecular complexity index is 612. The third kappa shape index (κ3) is 5.33. The van der Waals surface area contributed by atoms with Gasteiger partial charge in [-0.2, -0.15) is 5.26 Å². The minimum Gasteiger partial charge on any atom is -0.449 e. The molecule has 0 bridgehead atoms. The molecule has 0 aliphatic heterocycles. The Morgan fingerprint density at radius 2 is 2.05 bits per heavy atom. The number of para-hydroxylation sites is 1. The first-order valence-electron chi connectivity index (χ1n) is 6.38. The number of nitrogens with zero attached hydrogens (tertiary/aromatic N) is 1. The van der Waals surface area contributed by atoms with Crippen molar-refractivity contribution in [3.8, 4) is 6.07 Å². The second-order valence-corrected chi connectivity index (χ2v) is 4.11. The summed E-state index contributed by atoms with van der Waals surface area (Å²) in [4.78, 5) is 23.3. The van der Waals surface area contributed by atoms with E-state index < -0.39 is 18.0 Å². The lowest BCUT2D eigenvalue weighted by Crippen LogP contribution is -2.29. The number of benzene rings is 1. The van der Waals surface area contributed by atoms with Crippen molar-refractivity contribution in [3.05, 3.63) is 54.1 Å². The molecular weight excluding hydrogens is 268 g/mol. The minimum atomic E-state index is -0.959. The number of carbonyl (C=O) groups is 2. The predicted octanol–water partition coefficient (Wildman–Crippen LogP) is 2.56. The van der Waals surface area contributed by atoms with Crippen molar-refractivity contribution in [2.75, 3.05) is 5.32 Å². The fourth-order valence-electron chi connectivity index (χ4n) is 1.44. The lowest BCUT2D eigenvalue weighted by Gasteiger charge is -2.12. The highest BCUT2D eigenvalue weighted by Gasteiger charge is 2.17. The van der Waals surface area contributed by atoms with Crippen LogP contribution < -0.4 is 5.32 Å². The largest absolute Gasteiger partial charge is 0.449 e. The van der Waals surface area contributed by atoms with Crippen molar-refractivity contribution in [1.82, 2.24) is 0 Å². The molecule has 0 radical (unpaired) electrons. The summed E-state index contributed by atoms with van der Waals surface area (Å²) in [5.41, 5.74) is 0.731. The number of rotatable bonds is 5. The molecule has 1 aromatic carbocycles. The number of anilines is 1. The van der Waals surface area contributed by atoms with Gasteiger partial charge in [-0.25, -0.2) is 4.79 Å². The number of hydrogen-bond acceptors (Lipinski definition) is 4. The Labute approximate surface area is 123 Å². The molecule has 0 aliphatic rings. The second kappa shape index (κ2) is 8.33. The van der Waals surface area contributed by atoms with Crippen LogP contribution in [0.4, 0.5) is 5.69 Å². The van der Waals surface area contributed by atoms with E-state index in [1.165, 1.54) is 19.1 Å². The Morgan fingerprint density at radius 1 is 1.33 bits per heavy atom. The second-order valence-electron chi connectivity index (χ2n) is 4.11. The van der Waals surface area contributed by atoms with Gasteiger partial charge in [-0.15, -0.1) is 0 Å². The zero-order valence-corrected chi connectivity index (χ0v) is 11.9. The lowest BCUT2D eigenvalue weighted by atomic mass is 10.2. The maximum atomic E-state index is 11.9. The third-order valence-corrected chi connectivity index (χ3v) is 2.50. The van der Waals surface area contributed by atoms with Crippen molar-refractivity contribution in [2.45, 2.75) is 20.0 Å². The van der Waals surface area contributed by atoms with Gasteiger partial charge < -0.3 is 10.1 Å². The van der Waals surface area contributed by atoms with Crippen molar-refractivity contribution in [2.24, 2.45) is 0 Å². The number of amides is 1. The fraction of sp³-hybridized carbons (Fsp3) is 0.188. The van der Waals surface area contributed by atoms with E-state index in [0.717, 1.165) is 0 Å². The Hall–Kier alpha value is -2.87. The summed E-state index contributed by atoms with van der Waals surface area (Å²) >= 11 is 0. The Balaban J connectivity index is 2.63. The number of allylic oxidation sites excluding steroid dienone is 3. The first-order valence-corrected chi connectivity index (χ1v) is 6.38. The number of hydrogen-bond donors (Lipinski definition) is 1. The molecule has 0 saturated heterocycles. The summed E-state index contributed by atoms with van der Waals surface area (Å²) in [6.45, 7) is 3.28. The van der Waals surface area contributed by atoms with Crippen LogP contribution in [0.25, 0.3) is 0 Å². The highest BCUT2D eigenvalue weighted by molar-refractivity contribution is 5.96. The summed E-state index contributed by atoms with van der Waals surface area (Å²) in [7, 11) is 0. The van der Waals surface area contributed by atoms with Crippen molar-refractivity contribution in [1.29, 1.82) is 5.26 Å². The SMILES string of the molecule is C/C=C/C=C/C(=O)OC(C)C(=O)Nc1ccccc1C#N. The molecule has 0 heterocycles. The highest BCUT2D eigenvalue weighted by atomic mass is 16.5. The van der Waals surface area contributed by atoms with E-state index in [-0.39, 0.29) is 0 Å². The van der Waals surface area contributed by atoms with Gasteiger partial charge >= 0.3 is 5.97 Å². The van der Waals surface area contributed by atoms with Crippen molar-refractivity contribution in [3.63, 3.8) is 0 Å². The maximum Gasteiger partial charge on any atom is 0.331 e.